The van der Waals surface area contributed by atoms with E-state index in [-0.39, 0.29) is 29.5 Å². The molecule has 252 valence electrons. The van der Waals surface area contributed by atoms with Crippen molar-refractivity contribution in [3.63, 3.8) is 0 Å². The number of carbonyl (C=O) groups excluding carboxylic acids is 2. The van der Waals surface area contributed by atoms with Crippen molar-refractivity contribution in [1.29, 1.82) is 0 Å². The van der Waals surface area contributed by atoms with Crippen LogP contribution in [-0.2, 0) is 26.2 Å². The molecule has 0 bridgehead atoms. The van der Waals surface area contributed by atoms with Gasteiger partial charge < -0.3 is 25.6 Å². The maximum atomic E-state index is 14.0. The van der Waals surface area contributed by atoms with Crippen LogP contribution >= 0.6 is 0 Å². The van der Waals surface area contributed by atoms with Crippen LogP contribution in [0.1, 0.15) is 74.5 Å². The van der Waals surface area contributed by atoms with Crippen LogP contribution in [0.2, 0.25) is 0 Å². The zero-order chi connectivity index (χ0) is 33.6. The number of amides is 2. The average molecular weight is 664 g/mol. The van der Waals surface area contributed by atoms with Crippen LogP contribution in [0, 0.1) is 0 Å². The van der Waals surface area contributed by atoms with Crippen molar-refractivity contribution >= 4 is 22.0 Å². The molecular formula is C36H45N3O7S. The SMILES string of the molecule is COC(=O)N[C@H](C(=O)N[C@@H](C)CCCC1(N(C2CCC2)S(=O)(=O)c2ccc(CO)cc2)CC1O)C(c1ccccc1)c1ccccc1. The van der Waals surface area contributed by atoms with Gasteiger partial charge in [0, 0.05) is 18.0 Å². The lowest BCUT2D eigenvalue weighted by molar-refractivity contribution is -0.124. The van der Waals surface area contributed by atoms with Crippen molar-refractivity contribution < 1.29 is 33.0 Å². The Balaban J connectivity index is 1.30. The van der Waals surface area contributed by atoms with Crippen LogP contribution in [0.4, 0.5) is 4.79 Å². The first-order valence-corrected chi connectivity index (χ1v) is 17.7. The number of alkyl carbamates (subject to hydrolysis) is 1. The highest BCUT2D eigenvalue weighted by Crippen LogP contribution is 2.52. The maximum absolute atomic E-state index is 14.0. The molecule has 10 nitrogen and oxygen atoms in total. The van der Waals surface area contributed by atoms with E-state index in [1.165, 1.54) is 19.2 Å². The number of hydrogen-bond donors (Lipinski definition) is 4. The van der Waals surface area contributed by atoms with E-state index in [1.54, 1.807) is 16.4 Å². The lowest BCUT2D eigenvalue weighted by atomic mass is 9.84. The summed E-state index contributed by atoms with van der Waals surface area (Å²) in [5.74, 6) is -0.854. The summed E-state index contributed by atoms with van der Waals surface area (Å²) in [4.78, 5) is 26.5. The Kier molecular flexibility index (Phi) is 11.0. The predicted octanol–water partition coefficient (Wildman–Crippen LogP) is 4.46. The first-order chi connectivity index (χ1) is 22.6. The van der Waals surface area contributed by atoms with E-state index < -0.39 is 39.7 Å². The summed E-state index contributed by atoms with van der Waals surface area (Å²) in [6.45, 7) is 1.70. The molecule has 3 aromatic rings. The van der Waals surface area contributed by atoms with Crippen molar-refractivity contribution in [2.24, 2.45) is 0 Å². The van der Waals surface area contributed by atoms with Gasteiger partial charge in [-0.2, -0.15) is 4.31 Å². The number of hydrogen-bond acceptors (Lipinski definition) is 7. The number of ether oxygens (including phenoxy) is 1. The lowest BCUT2D eigenvalue weighted by Crippen LogP contribution is -2.53. The molecule has 5 rings (SSSR count). The fourth-order valence-electron chi connectivity index (χ4n) is 6.70. The molecule has 4 atom stereocenters. The van der Waals surface area contributed by atoms with Crippen molar-refractivity contribution in [3.8, 4) is 0 Å². The summed E-state index contributed by atoms with van der Waals surface area (Å²) in [5.41, 5.74) is 1.44. The van der Waals surface area contributed by atoms with Crippen LogP contribution in [0.25, 0.3) is 0 Å². The number of aliphatic hydroxyl groups is 2. The summed E-state index contributed by atoms with van der Waals surface area (Å²) in [5, 5.41) is 26.1. The van der Waals surface area contributed by atoms with Gasteiger partial charge in [-0.1, -0.05) is 79.2 Å². The molecular weight excluding hydrogens is 618 g/mol. The van der Waals surface area contributed by atoms with Crippen molar-refractivity contribution in [2.45, 2.75) is 99.1 Å². The van der Waals surface area contributed by atoms with Gasteiger partial charge >= 0.3 is 6.09 Å². The first kappa shape index (κ1) is 34.6. The summed E-state index contributed by atoms with van der Waals surface area (Å²) < 4.78 is 34.4. The molecule has 0 aromatic heterocycles. The number of benzene rings is 3. The van der Waals surface area contributed by atoms with E-state index in [4.69, 9.17) is 4.74 Å². The molecule has 11 heteroatoms. The van der Waals surface area contributed by atoms with Crippen LogP contribution < -0.4 is 10.6 Å². The normalized spacial score (nSPS) is 20.7. The largest absolute Gasteiger partial charge is 0.453 e. The molecule has 47 heavy (non-hydrogen) atoms. The Morgan fingerprint density at radius 3 is 2.00 bits per heavy atom. The summed E-state index contributed by atoms with van der Waals surface area (Å²) in [6, 6.07) is 23.8. The number of carbonyl (C=O) groups is 2. The van der Waals surface area contributed by atoms with Crippen molar-refractivity contribution in [3.05, 3.63) is 102 Å². The third kappa shape index (κ3) is 7.70. The van der Waals surface area contributed by atoms with Gasteiger partial charge in [0.15, 0.2) is 0 Å². The molecule has 2 amide bonds. The fraction of sp³-hybridized carbons (Fsp3) is 0.444. The van der Waals surface area contributed by atoms with Crippen molar-refractivity contribution in [1.82, 2.24) is 14.9 Å². The third-order valence-corrected chi connectivity index (χ3v) is 11.6. The summed E-state index contributed by atoms with van der Waals surface area (Å²) >= 11 is 0. The molecule has 3 aromatic carbocycles. The minimum Gasteiger partial charge on any atom is -0.453 e. The number of rotatable bonds is 15. The van der Waals surface area contributed by atoms with E-state index in [1.807, 2.05) is 67.6 Å². The van der Waals surface area contributed by atoms with Gasteiger partial charge in [-0.05, 0) is 74.3 Å². The molecule has 0 saturated heterocycles. The Labute approximate surface area is 277 Å². The highest BCUT2D eigenvalue weighted by molar-refractivity contribution is 7.89. The lowest BCUT2D eigenvalue weighted by Gasteiger charge is -2.42. The quantitative estimate of drug-likeness (QED) is 0.188. The highest BCUT2D eigenvalue weighted by atomic mass is 32.2. The maximum Gasteiger partial charge on any atom is 0.407 e. The topological polar surface area (TPSA) is 145 Å². The van der Waals surface area contributed by atoms with Gasteiger partial charge in [-0.15, -0.1) is 0 Å². The molecule has 0 heterocycles. The van der Waals surface area contributed by atoms with Gasteiger partial charge in [0.05, 0.1) is 30.3 Å². The molecule has 2 saturated carbocycles. The summed E-state index contributed by atoms with van der Waals surface area (Å²) in [7, 11) is -2.65. The monoisotopic (exact) mass is 663 g/mol. The minimum absolute atomic E-state index is 0.149. The molecule has 2 unspecified atom stereocenters. The zero-order valence-electron chi connectivity index (χ0n) is 26.9. The Hall–Kier alpha value is -3.77. The molecule has 2 fully saturated rings. The Morgan fingerprint density at radius 1 is 0.957 bits per heavy atom. The van der Waals surface area contributed by atoms with Crippen molar-refractivity contribution in [2.75, 3.05) is 7.11 Å². The molecule has 2 aliphatic rings. The smallest absolute Gasteiger partial charge is 0.407 e. The second kappa shape index (κ2) is 15.0. The second-order valence-corrected chi connectivity index (χ2v) is 14.5. The number of sulfonamides is 1. The Bertz CT molecular complexity index is 1560. The van der Waals surface area contributed by atoms with Gasteiger partial charge in [0.2, 0.25) is 15.9 Å². The second-order valence-electron chi connectivity index (χ2n) is 12.7. The van der Waals surface area contributed by atoms with E-state index in [0.717, 1.165) is 30.4 Å². The fourth-order valence-corrected chi connectivity index (χ4v) is 8.77. The van der Waals surface area contributed by atoms with Crippen LogP contribution in [0.15, 0.2) is 89.8 Å². The highest BCUT2D eigenvalue weighted by Gasteiger charge is 2.63. The average Bonchev–Trinajstić information content (AvgIpc) is 3.71. The number of aliphatic hydroxyl groups excluding tert-OH is 2. The summed E-state index contributed by atoms with van der Waals surface area (Å²) in [6.07, 6.45) is 2.84. The molecule has 0 spiro atoms. The van der Waals surface area contributed by atoms with Crippen LogP contribution in [0.5, 0.6) is 0 Å². The van der Waals surface area contributed by atoms with Gasteiger partial charge in [-0.3, -0.25) is 4.79 Å². The number of nitrogens with zero attached hydrogens (tertiary/aromatic N) is 1. The van der Waals surface area contributed by atoms with Crippen LogP contribution in [-0.4, -0.2) is 71.8 Å². The van der Waals surface area contributed by atoms with Crippen LogP contribution in [0.3, 0.4) is 0 Å². The van der Waals surface area contributed by atoms with Gasteiger partial charge in [0.1, 0.15) is 6.04 Å². The van der Waals surface area contributed by atoms with Gasteiger partial charge in [-0.25, -0.2) is 13.2 Å². The number of nitrogens with one attached hydrogen (secondary N) is 2. The minimum atomic E-state index is -3.90. The zero-order valence-corrected chi connectivity index (χ0v) is 27.7. The molecule has 0 radical (unpaired) electrons. The predicted molar refractivity (Wildman–Crippen MR) is 178 cm³/mol. The third-order valence-electron chi connectivity index (χ3n) is 9.54. The van der Waals surface area contributed by atoms with E-state index in [0.29, 0.717) is 31.2 Å². The molecule has 2 aliphatic carbocycles. The number of methoxy groups -OCH3 is 1. The van der Waals surface area contributed by atoms with Gasteiger partial charge in [0.25, 0.3) is 0 Å². The Morgan fingerprint density at radius 2 is 1.53 bits per heavy atom. The molecule has 0 aliphatic heterocycles. The molecule has 4 N–H and O–H groups in total. The van der Waals surface area contributed by atoms with E-state index in [2.05, 4.69) is 10.6 Å². The van der Waals surface area contributed by atoms with E-state index >= 15 is 0 Å². The van der Waals surface area contributed by atoms with E-state index in [9.17, 15) is 28.2 Å². The standard InChI is InChI=1S/C36H45N3O7S/c1-25(37-34(42)33(38-35(43)46-2)32(27-12-5-3-6-13-27)28-14-7-4-8-15-28)11-10-22-36(23-31(36)41)39(29-16-9-17-29)47(44,45)30-20-18-26(24-40)19-21-30/h3-8,12-15,18-21,25,29,31-33,40-41H,9-11,16-17,22-24H2,1-2H3,(H,37,42)(H,38,43)/t25-,31?,33-,36?/m0/s1. The first-order valence-electron chi connectivity index (χ1n) is 16.3.